The first kappa shape index (κ1) is 14.8. The maximum Gasteiger partial charge on any atom is 0.242 e. The van der Waals surface area contributed by atoms with Gasteiger partial charge in [-0.2, -0.15) is 0 Å². The SMILES string of the molecule is CC1CC(C)CN(C(=O)C(C)(C)N2CCNCC2)C1. The van der Waals surface area contributed by atoms with Crippen LogP contribution >= 0.6 is 0 Å². The van der Waals surface area contributed by atoms with Crippen molar-refractivity contribution < 1.29 is 4.79 Å². The first-order chi connectivity index (χ1) is 8.91. The number of carbonyl (C=O) groups is 1. The van der Waals surface area contributed by atoms with Gasteiger partial charge in [-0.15, -0.1) is 0 Å². The average molecular weight is 267 g/mol. The summed E-state index contributed by atoms with van der Waals surface area (Å²) in [6.45, 7) is 14.5. The Balaban J connectivity index is 2.04. The molecule has 2 unspecified atom stereocenters. The highest BCUT2D eigenvalue weighted by molar-refractivity contribution is 5.85. The minimum Gasteiger partial charge on any atom is -0.341 e. The maximum absolute atomic E-state index is 12.9. The van der Waals surface area contributed by atoms with Crippen LogP contribution < -0.4 is 5.32 Å². The average Bonchev–Trinajstić information content (AvgIpc) is 2.37. The van der Waals surface area contributed by atoms with E-state index in [2.05, 4.69) is 42.8 Å². The number of rotatable bonds is 2. The number of hydrogen-bond acceptors (Lipinski definition) is 3. The van der Waals surface area contributed by atoms with Gasteiger partial charge >= 0.3 is 0 Å². The van der Waals surface area contributed by atoms with Crippen LogP contribution in [-0.4, -0.2) is 60.5 Å². The molecule has 0 aromatic carbocycles. The van der Waals surface area contributed by atoms with Crippen molar-refractivity contribution in [3.8, 4) is 0 Å². The number of nitrogens with one attached hydrogen (secondary N) is 1. The van der Waals surface area contributed by atoms with Crippen LogP contribution in [-0.2, 0) is 4.79 Å². The number of likely N-dealkylation sites (tertiary alicyclic amines) is 1. The summed E-state index contributed by atoms with van der Waals surface area (Å²) >= 11 is 0. The molecule has 0 radical (unpaired) electrons. The molecule has 19 heavy (non-hydrogen) atoms. The number of hydrogen-bond donors (Lipinski definition) is 1. The van der Waals surface area contributed by atoms with Gasteiger partial charge in [0.1, 0.15) is 0 Å². The number of amides is 1. The summed E-state index contributed by atoms with van der Waals surface area (Å²) in [6.07, 6.45) is 1.25. The Morgan fingerprint density at radius 2 is 1.63 bits per heavy atom. The first-order valence-corrected chi connectivity index (χ1v) is 7.66. The van der Waals surface area contributed by atoms with Crippen LogP contribution in [0, 0.1) is 11.8 Å². The van der Waals surface area contributed by atoms with E-state index >= 15 is 0 Å². The van der Waals surface area contributed by atoms with Crippen LogP contribution in [0.4, 0.5) is 0 Å². The zero-order chi connectivity index (χ0) is 14.0. The Kier molecular flexibility index (Phi) is 4.51. The van der Waals surface area contributed by atoms with E-state index in [-0.39, 0.29) is 5.54 Å². The largest absolute Gasteiger partial charge is 0.341 e. The molecule has 0 aromatic rings. The highest BCUT2D eigenvalue weighted by atomic mass is 16.2. The summed E-state index contributed by atoms with van der Waals surface area (Å²) in [5, 5.41) is 3.35. The molecule has 2 aliphatic heterocycles. The normalized spacial score (nSPS) is 30.4. The van der Waals surface area contributed by atoms with Gasteiger partial charge in [-0.1, -0.05) is 13.8 Å². The maximum atomic E-state index is 12.9. The van der Waals surface area contributed by atoms with Gasteiger partial charge in [0.05, 0.1) is 5.54 Å². The van der Waals surface area contributed by atoms with Crippen molar-refractivity contribution in [2.24, 2.45) is 11.8 Å². The summed E-state index contributed by atoms with van der Waals surface area (Å²) in [5.41, 5.74) is -0.362. The Morgan fingerprint density at radius 3 is 2.16 bits per heavy atom. The molecule has 2 fully saturated rings. The lowest BCUT2D eigenvalue weighted by Gasteiger charge is -2.45. The van der Waals surface area contributed by atoms with Gasteiger partial charge < -0.3 is 10.2 Å². The van der Waals surface area contributed by atoms with E-state index in [9.17, 15) is 4.79 Å². The second-order valence-electron chi connectivity index (χ2n) is 6.95. The van der Waals surface area contributed by atoms with Gasteiger partial charge in [-0.05, 0) is 32.1 Å². The lowest BCUT2D eigenvalue weighted by atomic mass is 9.89. The van der Waals surface area contributed by atoms with Crippen LogP contribution in [0.5, 0.6) is 0 Å². The van der Waals surface area contributed by atoms with Gasteiger partial charge in [-0.25, -0.2) is 0 Å². The van der Waals surface area contributed by atoms with Crippen molar-refractivity contribution in [3.05, 3.63) is 0 Å². The molecule has 4 nitrogen and oxygen atoms in total. The zero-order valence-corrected chi connectivity index (χ0v) is 12.9. The zero-order valence-electron chi connectivity index (χ0n) is 12.9. The van der Waals surface area contributed by atoms with Gasteiger partial charge in [0.15, 0.2) is 0 Å². The van der Waals surface area contributed by atoms with E-state index in [0.29, 0.717) is 17.7 Å². The van der Waals surface area contributed by atoms with Crippen LogP contribution in [0.3, 0.4) is 0 Å². The fourth-order valence-electron chi connectivity index (χ4n) is 3.57. The van der Waals surface area contributed by atoms with Crippen LogP contribution in [0.1, 0.15) is 34.1 Å². The van der Waals surface area contributed by atoms with E-state index in [1.54, 1.807) is 0 Å². The number of carbonyl (C=O) groups excluding carboxylic acids is 1. The topological polar surface area (TPSA) is 35.6 Å². The predicted octanol–water partition coefficient (Wildman–Crippen LogP) is 1.17. The standard InChI is InChI=1S/C15H29N3O/c1-12-9-13(2)11-17(10-12)14(19)15(3,4)18-7-5-16-6-8-18/h12-13,16H,5-11H2,1-4H3. The lowest BCUT2D eigenvalue weighted by Crippen LogP contribution is -2.62. The van der Waals surface area contributed by atoms with Crippen molar-refractivity contribution in [3.63, 3.8) is 0 Å². The third-order valence-corrected chi connectivity index (χ3v) is 4.59. The molecule has 2 saturated heterocycles. The van der Waals surface area contributed by atoms with Crippen molar-refractivity contribution in [2.45, 2.75) is 39.7 Å². The molecule has 2 atom stereocenters. The van der Waals surface area contributed by atoms with E-state index in [1.807, 2.05) is 0 Å². The second kappa shape index (κ2) is 5.80. The smallest absolute Gasteiger partial charge is 0.242 e. The Morgan fingerprint density at radius 1 is 1.11 bits per heavy atom. The molecule has 0 aliphatic carbocycles. The van der Waals surface area contributed by atoms with Crippen molar-refractivity contribution in [1.82, 2.24) is 15.1 Å². The van der Waals surface area contributed by atoms with E-state index < -0.39 is 0 Å². The third-order valence-electron chi connectivity index (χ3n) is 4.59. The van der Waals surface area contributed by atoms with E-state index in [0.717, 1.165) is 39.3 Å². The van der Waals surface area contributed by atoms with Gasteiger partial charge in [-0.3, -0.25) is 9.69 Å². The highest BCUT2D eigenvalue weighted by Gasteiger charge is 2.39. The second-order valence-corrected chi connectivity index (χ2v) is 6.95. The van der Waals surface area contributed by atoms with Crippen molar-refractivity contribution in [1.29, 1.82) is 0 Å². The molecule has 110 valence electrons. The van der Waals surface area contributed by atoms with Gasteiger partial charge in [0, 0.05) is 39.3 Å². The lowest BCUT2D eigenvalue weighted by molar-refractivity contribution is -0.146. The third kappa shape index (κ3) is 3.29. The predicted molar refractivity (Wildman–Crippen MR) is 78.0 cm³/mol. The minimum atomic E-state index is -0.362. The Bertz CT molecular complexity index is 313. The van der Waals surface area contributed by atoms with Crippen LogP contribution in [0.2, 0.25) is 0 Å². The van der Waals surface area contributed by atoms with Crippen molar-refractivity contribution >= 4 is 5.91 Å². The monoisotopic (exact) mass is 267 g/mol. The fraction of sp³-hybridized carbons (Fsp3) is 0.933. The van der Waals surface area contributed by atoms with Gasteiger partial charge in [0.2, 0.25) is 5.91 Å². The van der Waals surface area contributed by atoms with E-state index in [4.69, 9.17) is 0 Å². The molecular formula is C15H29N3O. The first-order valence-electron chi connectivity index (χ1n) is 7.66. The quantitative estimate of drug-likeness (QED) is 0.816. The molecule has 1 N–H and O–H groups in total. The van der Waals surface area contributed by atoms with Crippen LogP contribution in [0.15, 0.2) is 0 Å². The molecule has 4 heteroatoms. The van der Waals surface area contributed by atoms with Gasteiger partial charge in [0.25, 0.3) is 0 Å². The fourth-order valence-corrected chi connectivity index (χ4v) is 3.57. The summed E-state index contributed by atoms with van der Waals surface area (Å²) in [4.78, 5) is 17.3. The minimum absolute atomic E-state index is 0.313. The molecule has 0 bridgehead atoms. The Hall–Kier alpha value is -0.610. The van der Waals surface area contributed by atoms with Crippen LogP contribution in [0.25, 0.3) is 0 Å². The summed E-state index contributed by atoms with van der Waals surface area (Å²) in [7, 11) is 0. The molecule has 2 heterocycles. The van der Waals surface area contributed by atoms with Crippen molar-refractivity contribution in [2.75, 3.05) is 39.3 Å². The molecule has 2 rings (SSSR count). The summed E-state index contributed by atoms with van der Waals surface area (Å²) in [5.74, 6) is 1.57. The van der Waals surface area contributed by atoms with E-state index in [1.165, 1.54) is 6.42 Å². The molecule has 2 aliphatic rings. The summed E-state index contributed by atoms with van der Waals surface area (Å²) < 4.78 is 0. The number of piperidine rings is 1. The number of piperazine rings is 1. The molecule has 0 aromatic heterocycles. The molecule has 1 amide bonds. The molecule has 0 spiro atoms. The molecular weight excluding hydrogens is 238 g/mol. The molecule has 0 saturated carbocycles. The highest BCUT2D eigenvalue weighted by Crippen LogP contribution is 2.25. The summed E-state index contributed by atoms with van der Waals surface area (Å²) in [6, 6.07) is 0. The number of nitrogens with zero attached hydrogens (tertiary/aromatic N) is 2. The Labute approximate surface area is 117 Å².